The Morgan fingerprint density at radius 2 is 1.94 bits per heavy atom. The molecule has 4 aromatic rings. The second-order valence-corrected chi connectivity index (χ2v) is 7.38. The summed E-state index contributed by atoms with van der Waals surface area (Å²) in [6, 6.07) is 6.36. The second-order valence-electron chi connectivity index (χ2n) is 6.50. The van der Waals surface area contributed by atoms with Gasteiger partial charge in [-0.05, 0) is 49.2 Å². The number of rotatable bonds is 6. The number of aromatic nitrogens is 3. The van der Waals surface area contributed by atoms with Crippen LogP contribution >= 0.6 is 11.9 Å². The second kappa shape index (κ2) is 8.31. The highest BCUT2D eigenvalue weighted by molar-refractivity contribution is 8.00. The van der Waals surface area contributed by atoms with E-state index in [1.807, 2.05) is 0 Å². The van der Waals surface area contributed by atoms with Gasteiger partial charge in [0, 0.05) is 11.1 Å². The van der Waals surface area contributed by atoms with E-state index in [1.165, 1.54) is 31.8 Å². The molecule has 0 unspecified atom stereocenters. The van der Waals surface area contributed by atoms with Crippen molar-refractivity contribution < 1.29 is 22.7 Å². The van der Waals surface area contributed by atoms with Gasteiger partial charge in [0.15, 0.2) is 17.4 Å². The first-order chi connectivity index (χ1) is 14.9. The Kier molecular flexibility index (Phi) is 5.55. The van der Waals surface area contributed by atoms with Gasteiger partial charge in [-0.25, -0.2) is 23.1 Å². The number of hydrogen-bond acceptors (Lipinski definition) is 6. The average Bonchev–Trinajstić information content (AvgIpc) is 3.19. The number of aromatic amines is 1. The number of ether oxygens (including phenoxy) is 1. The minimum Gasteiger partial charge on any atom is -0.494 e. The van der Waals surface area contributed by atoms with E-state index in [1.54, 1.807) is 13.0 Å². The van der Waals surface area contributed by atoms with Gasteiger partial charge in [0.2, 0.25) is 5.78 Å². The summed E-state index contributed by atoms with van der Waals surface area (Å²) in [5.41, 5.74) is 0.118. The van der Waals surface area contributed by atoms with Gasteiger partial charge in [0.25, 0.3) is 0 Å². The van der Waals surface area contributed by atoms with Crippen molar-refractivity contribution in [2.45, 2.75) is 11.8 Å². The van der Waals surface area contributed by atoms with Crippen LogP contribution in [-0.2, 0) is 0 Å². The number of H-pyrrole nitrogens is 1. The van der Waals surface area contributed by atoms with Crippen molar-refractivity contribution in [2.75, 3.05) is 11.8 Å². The summed E-state index contributed by atoms with van der Waals surface area (Å²) in [7, 11) is 1.34. The van der Waals surface area contributed by atoms with Crippen molar-refractivity contribution >= 4 is 34.5 Å². The van der Waals surface area contributed by atoms with Crippen LogP contribution in [-0.4, -0.2) is 27.8 Å². The quantitative estimate of drug-likeness (QED) is 0.320. The van der Waals surface area contributed by atoms with Crippen LogP contribution in [0.2, 0.25) is 0 Å². The van der Waals surface area contributed by atoms with Crippen LogP contribution in [0, 0.1) is 24.4 Å². The molecule has 10 heteroatoms. The summed E-state index contributed by atoms with van der Waals surface area (Å²) in [4.78, 5) is 24.3. The van der Waals surface area contributed by atoms with E-state index in [0.717, 1.165) is 24.1 Å². The fraction of sp³-hybridized carbons (Fsp3) is 0.0952. The lowest BCUT2D eigenvalue weighted by Crippen LogP contribution is -2.09. The van der Waals surface area contributed by atoms with Crippen molar-refractivity contribution in [3.05, 3.63) is 77.1 Å². The number of nitrogens with one attached hydrogen (secondary N) is 2. The highest BCUT2D eigenvalue weighted by Gasteiger charge is 2.25. The zero-order valence-electron chi connectivity index (χ0n) is 16.3. The normalized spacial score (nSPS) is 11.0. The number of methoxy groups -OCH3 is 1. The molecule has 2 heterocycles. The van der Waals surface area contributed by atoms with Crippen LogP contribution in [0.1, 0.15) is 21.6 Å². The van der Waals surface area contributed by atoms with Crippen molar-refractivity contribution in [1.29, 1.82) is 0 Å². The number of anilines is 1. The molecular formula is C21H15F3N4O2S. The average molecular weight is 444 g/mol. The summed E-state index contributed by atoms with van der Waals surface area (Å²) in [6.07, 6.45) is 2.68. The summed E-state index contributed by atoms with van der Waals surface area (Å²) in [5.74, 6) is -3.42. The van der Waals surface area contributed by atoms with Crippen LogP contribution in [0.3, 0.4) is 0 Å². The fourth-order valence-electron chi connectivity index (χ4n) is 3.10. The third-order valence-electron chi connectivity index (χ3n) is 4.62. The number of carbonyl (C=O) groups is 1. The van der Waals surface area contributed by atoms with Crippen LogP contribution in [0.25, 0.3) is 11.0 Å². The standard InChI is InChI=1S/C21H15F3N4O2S/c1-10-17-12(8-25-21(17)27-9-26-10)20(29)18-13(22)4-5-15(19(18)24)28-31-11-3-6-16(30-2)14(23)7-11/h3-9,28H,1-2H3,(H,25,26,27). The van der Waals surface area contributed by atoms with Crippen LogP contribution in [0.15, 0.2) is 47.8 Å². The number of benzene rings is 2. The minimum absolute atomic E-state index is 0.0629. The molecule has 158 valence electrons. The van der Waals surface area contributed by atoms with Crippen molar-refractivity contribution in [2.24, 2.45) is 0 Å². The summed E-state index contributed by atoms with van der Waals surface area (Å²) >= 11 is 0.904. The molecule has 0 saturated heterocycles. The molecule has 6 nitrogen and oxygen atoms in total. The molecule has 2 N–H and O–H groups in total. The Hall–Kier alpha value is -3.53. The molecule has 0 aliphatic rings. The molecule has 0 spiro atoms. The highest BCUT2D eigenvalue weighted by Crippen LogP contribution is 2.31. The van der Waals surface area contributed by atoms with Crippen LogP contribution < -0.4 is 9.46 Å². The molecule has 31 heavy (non-hydrogen) atoms. The fourth-order valence-corrected chi connectivity index (χ4v) is 3.78. The lowest BCUT2D eigenvalue weighted by atomic mass is 10.0. The van der Waals surface area contributed by atoms with Crippen molar-refractivity contribution in [1.82, 2.24) is 15.0 Å². The SMILES string of the molecule is COc1ccc(SNc2ccc(F)c(C(=O)c3c[nH]c4ncnc(C)c34)c2F)cc1F. The Morgan fingerprint density at radius 3 is 2.68 bits per heavy atom. The molecule has 0 aliphatic carbocycles. The van der Waals surface area contributed by atoms with Gasteiger partial charge in [-0.2, -0.15) is 0 Å². The third-order valence-corrected chi connectivity index (χ3v) is 5.44. The summed E-state index contributed by atoms with van der Waals surface area (Å²) in [5, 5.41) is 0.396. The van der Waals surface area contributed by atoms with E-state index in [0.29, 0.717) is 21.6 Å². The van der Waals surface area contributed by atoms with Gasteiger partial charge in [0.1, 0.15) is 17.8 Å². The van der Waals surface area contributed by atoms with E-state index in [-0.39, 0.29) is 17.0 Å². The lowest BCUT2D eigenvalue weighted by Gasteiger charge is -2.11. The molecule has 0 aliphatic heterocycles. The van der Waals surface area contributed by atoms with E-state index in [4.69, 9.17) is 4.74 Å². The molecular weight excluding hydrogens is 429 g/mol. The molecule has 2 aromatic heterocycles. The van der Waals surface area contributed by atoms with E-state index >= 15 is 4.39 Å². The molecule has 0 amide bonds. The molecule has 2 aromatic carbocycles. The molecule has 0 atom stereocenters. The first kappa shape index (κ1) is 20.7. The van der Waals surface area contributed by atoms with Crippen molar-refractivity contribution in [3.8, 4) is 5.75 Å². The number of hydrogen-bond donors (Lipinski definition) is 2. The van der Waals surface area contributed by atoms with E-state index in [2.05, 4.69) is 19.7 Å². The number of nitrogens with zero attached hydrogens (tertiary/aromatic N) is 2. The lowest BCUT2D eigenvalue weighted by molar-refractivity contribution is 0.103. The minimum atomic E-state index is -1.06. The summed E-state index contributed by atoms with van der Waals surface area (Å²) < 4.78 is 51.0. The molecule has 0 bridgehead atoms. The van der Waals surface area contributed by atoms with Gasteiger partial charge in [0.05, 0.1) is 35.0 Å². The number of fused-ring (bicyclic) bond motifs is 1. The topological polar surface area (TPSA) is 79.9 Å². The molecule has 0 fully saturated rings. The predicted octanol–water partition coefficient (Wildman–Crippen LogP) is 5.04. The maximum absolute atomic E-state index is 15.1. The van der Waals surface area contributed by atoms with Crippen LogP contribution in [0.4, 0.5) is 18.9 Å². The maximum atomic E-state index is 15.1. The number of carbonyl (C=O) groups excluding carboxylic acids is 1. The Balaban J connectivity index is 1.66. The van der Waals surface area contributed by atoms with Crippen molar-refractivity contribution in [3.63, 3.8) is 0 Å². The predicted molar refractivity (Wildman–Crippen MR) is 111 cm³/mol. The van der Waals surface area contributed by atoms with E-state index in [9.17, 15) is 13.6 Å². The monoisotopic (exact) mass is 444 g/mol. The smallest absolute Gasteiger partial charge is 0.201 e. The zero-order chi connectivity index (χ0) is 22.1. The summed E-state index contributed by atoms with van der Waals surface area (Å²) in [6.45, 7) is 1.67. The van der Waals surface area contributed by atoms with Gasteiger partial charge < -0.3 is 14.4 Å². The zero-order valence-corrected chi connectivity index (χ0v) is 17.1. The Labute approximate surface area is 179 Å². The van der Waals surface area contributed by atoms with Gasteiger partial charge in [-0.1, -0.05) is 0 Å². The molecule has 0 saturated carbocycles. The largest absolute Gasteiger partial charge is 0.494 e. The molecule has 4 rings (SSSR count). The Morgan fingerprint density at radius 1 is 1.13 bits per heavy atom. The van der Waals surface area contributed by atoms with E-state index < -0.39 is 28.8 Å². The number of ketones is 1. The maximum Gasteiger partial charge on any atom is 0.201 e. The van der Waals surface area contributed by atoms with Crippen LogP contribution in [0.5, 0.6) is 5.75 Å². The first-order valence-corrected chi connectivity index (χ1v) is 9.80. The number of halogens is 3. The first-order valence-electron chi connectivity index (χ1n) is 8.98. The van der Waals surface area contributed by atoms with Gasteiger partial charge in [-0.3, -0.25) is 4.79 Å². The number of aryl methyl sites for hydroxylation is 1. The van der Waals surface area contributed by atoms with Gasteiger partial charge >= 0.3 is 0 Å². The van der Waals surface area contributed by atoms with Gasteiger partial charge in [-0.15, -0.1) is 0 Å². The third kappa shape index (κ3) is 3.81. The highest BCUT2D eigenvalue weighted by atomic mass is 32.2. The Bertz CT molecular complexity index is 1310. The molecule has 0 radical (unpaired) electrons.